The van der Waals surface area contributed by atoms with Crippen LogP contribution in [0.3, 0.4) is 0 Å². The van der Waals surface area contributed by atoms with Gasteiger partial charge in [-0.3, -0.25) is 9.59 Å². The third kappa shape index (κ3) is 4.63. The van der Waals surface area contributed by atoms with Gasteiger partial charge in [-0.1, -0.05) is 24.3 Å². The average Bonchev–Trinajstić information content (AvgIpc) is 2.47. The SMILES string of the molecule is CC(=O)Nc1cccc(OCC(=O)Nc2ccccc2C)c1. The fourth-order valence-corrected chi connectivity index (χ4v) is 1.92. The van der Waals surface area contributed by atoms with Gasteiger partial charge in [0.1, 0.15) is 5.75 Å². The standard InChI is InChI=1S/C17H18N2O3/c1-12-6-3-4-9-16(12)19-17(21)11-22-15-8-5-7-14(10-15)18-13(2)20/h3-10H,11H2,1-2H3,(H,18,20)(H,19,21). The Bertz CT molecular complexity index is 683. The van der Waals surface area contributed by atoms with E-state index in [2.05, 4.69) is 10.6 Å². The summed E-state index contributed by atoms with van der Waals surface area (Å²) in [6, 6.07) is 14.4. The molecule has 0 bridgehead atoms. The third-order valence-electron chi connectivity index (χ3n) is 2.94. The fourth-order valence-electron chi connectivity index (χ4n) is 1.92. The summed E-state index contributed by atoms with van der Waals surface area (Å²) in [7, 11) is 0. The van der Waals surface area contributed by atoms with E-state index in [-0.39, 0.29) is 18.4 Å². The quantitative estimate of drug-likeness (QED) is 0.891. The molecule has 0 radical (unpaired) electrons. The largest absolute Gasteiger partial charge is 0.484 e. The van der Waals surface area contributed by atoms with Gasteiger partial charge < -0.3 is 15.4 Å². The molecule has 0 aliphatic carbocycles. The molecule has 2 rings (SSSR count). The van der Waals surface area contributed by atoms with E-state index in [1.165, 1.54) is 6.92 Å². The van der Waals surface area contributed by atoms with Crippen molar-refractivity contribution in [1.29, 1.82) is 0 Å². The lowest BCUT2D eigenvalue weighted by Gasteiger charge is -2.10. The first kappa shape index (κ1) is 15.6. The Hall–Kier alpha value is -2.82. The lowest BCUT2D eigenvalue weighted by molar-refractivity contribution is -0.118. The van der Waals surface area contributed by atoms with Crippen LogP contribution >= 0.6 is 0 Å². The van der Waals surface area contributed by atoms with Crippen LogP contribution in [0.1, 0.15) is 12.5 Å². The van der Waals surface area contributed by atoms with Crippen LogP contribution in [-0.2, 0) is 9.59 Å². The number of nitrogens with one attached hydrogen (secondary N) is 2. The molecule has 2 N–H and O–H groups in total. The number of carbonyl (C=O) groups excluding carboxylic acids is 2. The van der Waals surface area contributed by atoms with Crippen LogP contribution in [0.5, 0.6) is 5.75 Å². The highest BCUT2D eigenvalue weighted by Gasteiger charge is 2.06. The summed E-state index contributed by atoms with van der Waals surface area (Å²) in [5, 5.41) is 5.45. The molecule has 5 heteroatoms. The van der Waals surface area contributed by atoms with Crippen LogP contribution < -0.4 is 15.4 Å². The molecule has 0 unspecified atom stereocenters. The summed E-state index contributed by atoms with van der Waals surface area (Å²) in [6.45, 7) is 3.26. The molecule has 0 atom stereocenters. The van der Waals surface area contributed by atoms with Gasteiger partial charge in [-0.25, -0.2) is 0 Å². The van der Waals surface area contributed by atoms with E-state index < -0.39 is 0 Å². The van der Waals surface area contributed by atoms with Gasteiger partial charge in [-0.05, 0) is 30.7 Å². The second kappa shape index (κ2) is 7.26. The van der Waals surface area contributed by atoms with Gasteiger partial charge in [0.05, 0.1) is 0 Å². The number of anilines is 2. The number of ether oxygens (including phenoxy) is 1. The predicted molar refractivity (Wildman–Crippen MR) is 86.0 cm³/mol. The van der Waals surface area contributed by atoms with Crippen LogP contribution in [0.15, 0.2) is 48.5 Å². The Balaban J connectivity index is 1.91. The Labute approximate surface area is 129 Å². The lowest BCUT2D eigenvalue weighted by atomic mass is 10.2. The molecule has 0 fully saturated rings. The smallest absolute Gasteiger partial charge is 0.262 e. The molecule has 0 aliphatic heterocycles. The van der Waals surface area contributed by atoms with Crippen molar-refractivity contribution in [2.75, 3.05) is 17.2 Å². The van der Waals surface area contributed by atoms with E-state index >= 15 is 0 Å². The van der Waals surface area contributed by atoms with Crippen molar-refractivity contribution in [3.8, 4) is 5.75 Å². The first-order valence-corrected chi connectivity index (χ1v) is 6.90. The van der Waals surface area contributed by atoms with E-state index in [4.69, 9.17) is 4.74 Å². The van der Waals surface area contributed by atoms with Crippen LogP contribution in [0.4, 0.5) is 11.4 Å². The van der Waals surface area contributed by atoms with Gasteiger partial charge in [0, 0.05) is 24.4 Å². The Morgan fingerprint density at radius 1 is 1.05 bits per heavy atom. The van der Waals surface area contributed by atoms with Crippen molar-refractivity contribution >= 4 is 23.2 Å². The molecule has 114 valence electrons. The number of hydrogen-bond donors (Lipinski definition) is 2. The van der Waals surface area contributed by atoms with Crippen molar-refractivity contribution < 1.29 is 14.3 Å². The van der Waals surface area contributed by atoms with Gasteiger partial charge in [-0.15, -0.1) is 0 Å². The number of aryl methyl sites for hydroxylation is 1. The molecule has 0 aliphatic rings. The Morgan fingerprint density at radius 2 is 1.82 bits per heavy atom. The maximum absolute atomic E-state index is 11.9. The number of hydrogen-bond acceptors (Lipinski definition) is 3. The van der Waals surface area contributed by atoms with E-state index in [9.17, 15) is 9.59 Å². The van der Waals surface area contributed by atoms with E-state index in [1.807, 2.05) is 31.2 Å². The van der Waals surface area contributed by atoms with Crippen LogP contribution in [0, 0.1) is 6.92 Å². The van der Waals surface area contributed by atoms with Crippen molar-refractivity contribution in [1.82, 2.24) is 0 Å². The summed E-state index contributed by atoms with van der Waals surface area (Å²) in [4.78, 5) is 22.9. The maximum atomic E-state index is 11.9. The molecule has 22 heavy (non-hydrogen) atoms. The molecule has 0 aromatic heterocycles. The summed E-state index contributed by atoms with van der Waals surface area (Å²) in [6.07, 6.45) is 0. The van der Waals surface area contributed by atoms with Crippen molar-refractivity contribution in [2.24, 2.45) is 0 Å². The minimum atomic E-state index is -0.237. The molecular weight excluding hydrogens is 280 g/mol. The molecule has 2 aromatic carbocycles. The van der Waals surface area contributed by atoms with E-state index in [1.54, 1.807) is 24.3 Å². The number of carbonyl (C=O) groups is 2. The first-order valence-electron chi connectivity index (χ1n) is 6.90. The third-order valence-corrected chi connectivity index (χ3v) is 2.94. The van der Waals surface area contributed by atoms with Gasteiger partial charge in [-0.2, -0.15) is 0 Å². The van der Waals surface area contributed by atoms with E-state index in [0.717, 1.165) is 11.3 Å². The highest BCUT2D eigenvalue weighted by Crippen LogP contribution is 2.17. The molecule has 2 aromatic rings. The molecule has 0 saturated carbocycles. The van der Waals surface area contributed by atoms with Gasteiger partial charge in [0.15, 0.2) is 6.61 Å². The normalized spacial score (nSPS) is 9.91. The monoisotopic (exact) mass is 298 g/mol. The number of rotatable bonds is 5. The van der Waals surface area contributed by atoms with Crippen LogP contribution in [-0.4, -0.2) is 18.4 Å². The van der Waals surface area contributed by atoms with Gasteiger partial charge in [0.25, 0.3) is 5.91 Å². The van der Waals surface area contributed by atoms with Crippen molar-refractivity contribution in [2.45, 2.75) is 13.8 Å². The predicted octanol–water partition coefficient (Wildman–Crippen LogP) is 2.97. The maximum Gasteiger partial charge on any atom is 0.262 e. The number of benzene rings is 2. The molecule has 0 heterocycles. The van der Waals surface area contributed by atoms with Crippen LogP contribution in [0.2, 0.25) is 0 Å². The zero-order valence-corrected chi connectivity index (χ0v) is 12.6. The molecular formula is C17H18N2O3. The average molecular weight is 298 g/mol. The lowest BCUT2D eigenvalue weighted by Crippen LogP contribution is -2.20. The number of amides is 2. The second-order valence-corrected chi connectivity index (χ2v) is 4.86. The van der Waals surface area contributed by atoms with Crippen molar-refractivity contribution in [3.05, 3.63) is 54.1 Å². The zero-order chi connectivity index (χ0) is 15.9. The minimum Gasteiger partial charge on any atom is -0.484 e. The highest BCUT2D eigenvalue weighted by molar-refractivity contribution is 5.92. The first-order chi connectivity index (χ1) is 10.5. The molecule has 0 saturated heterocycles. The molecule has 5 nitrogen and oxygen atoms in total. The Morgan fingerprint density at radius 3 is 2.55 bits per heavy atom. The summed E-state index contributed by atoms with van der Waals surface area (Å²) >= 11 is 0. The zero-order valence-electron chi connectivity index (χ0n) is 12.6. The highest BCUT2D eigenvalue weighted by atomic mass is 16.5. The summed E-state index contributed by atoms with van der Waals surface area (Å²) < 4.78 is 5.44. The summed E-state index contributed by atoms with van der Waals surface area (Å²) in [5.41, 5.74) is 2.39. The minimum absolute atomic E-state index is 0.0993. The number of para-hydroxylation sites is 1. The fraction of sp³-hybridized carbons (Fsp3) is 0.176. The second-order valence-electron chi connectivity index (χ2n) is 4.86. The van der Waals surface area contributed by atoms with Gasteiger partial charge in [0.2, 0.25) is 5.91 Å². The van der Waals surface area contributed by atoms with Crippen molar-refractivity contribution in [3.63, 3.8) is 0 Å². The Kier molecular flexibility index (Phi) is 5.14. The summed E-state index contributed by atoms with van der Waals surface area (Å²) in [5.74, 6) is 0.125. The van der Waals surface area contributed by atoms with Gasteiger partial charge >= 0.3 is 0 Å². The topological polar surface area (TPSA) is 67.4 Å². The van der Waals surface area contributed by atoms with E-state index in [0.29, 0.717) is 11.4 Å². The molecule has 2 amide bonds. The molecule has 0 spiro atoms. The van der Waals surface area contributed by atoms with Crippen LogP contribution in [0.25, 0.3) is 0 Å².